The van der Waals surface area contributed by atoms with Crippen molar-refractivity contribution in [1.29, 1.82) is 0 Å². The van der Waals surface area contributed by atoms with Crippen molar-refractivity contribution in [2.45, 2.75) is 77.6 Å². The van der Waals surface area contributed by atoms with Gasteiger partial charge in [0, 0.05) is 12.8 Å². The fourth-order valence-corrected chi connectivity index (χ4v) is 1.90. The highest BCUT2D eigenvalue weighted by atomic mass is 16.5. The summed E-state index contributed by atoms with van der Waals surface area (Å²) >= 11 is 0. The standard InChI is InChI=1S/C15H28O4/c1-2-15(18)19-13-11-9-7-5-3-4-6-8-10-12-14(16)17/h2-13H2,1H3,(H,16,17). The number of unbranched alkanes of at least 4 members (excludes halogenated alkanes) is 8. The Morgan fingerprint density at radius 2 is 1.32 bits per heavy atom. The molecule has 0 aromatic rings. The first-order chi connectivity index (χ1) is 9.16. The van der Waals surface area contributed by atoms with Crippen molar-refractivity contribution in [1.82, 2.24) is 0 Å². The van der Waals surface area contributed by atoms with E-state index in [4.69, 9.17) is 9.84 Å². The molecule has 0 bridgehead atoms. The van der Waals surface area contributed by atoms with Crippen LogP contribution in [0.5, 0.6) is 0 Å². The van der Waals surface area contributed by atoms with Crippen LogP contribution in [0, 0.1) is 0 Å². The van der Waals surface area contributed by atoms with E-state index in [1.165, 1.54) is 25.7 Å². The van der Waals surface area contributed by atoms with Crippen LogP contribution in [0.1, 0.15) is 77.6 Å². The number of carbonyl (C=O) groups is 2. The van der Waals surface area contributed by atoms with Crippen molar-refractivity contribution in [3.8, 4) is 0 Å². The van der Waals surface area contributed by atoms with Gasteiger partial charge in [0.05, 0.1) is 6.61 Å². The minimum absolute atomic E-state index is 0.110. The van der Waals surface area contributed by atoms with Gasteiger partial charge in [-0.05, 0) is 12.8 Å². The van der Waals surface area contributed by atoms with Gasteiger partial charge in [-0.3, -0.25) is 9.59 Å². The maximum atomic E-state index is 10.9. The molecule has 0 aromatic heterocycles. The molecular formula is C15H28O4. The van der Waals surface area contributed by atoms with Crippen LogP contribution in [0.25, 0.3) is 0 Å². The number of ether oxygens (including phenoxy) is 1. The van der Waals surface area contributed by atoms with Gasteiger partial charge in [0.2, 0.25) is 0 Å². The summed E-state index contributed by atoms with van der Waals surface area (Å²) in [6.45, 7) is 2.36. The highest BCUT2D eigenvalue weighted by Gasteiger charge is 1.98. The molecule has 0 heterocycles. The van der Waals surface area contributed by atoms with E-state index >= 15 is 0 Å². The molecule has 19 heavy (non-hydrogen) atoms. The predicted molar refractivity (Wildman–Crippen MR) is 75.1 cm³/mol. The molecule has 0 aromatic carbocycles. The summed E-state index contributed by atoms with van der Waals surface area (Å²) in [5, 5.41) is 8.48. The lowest BCUT2D eigenvalue weighted by atomic mass is 10.1. The maximum Gasteiger partial charge on any atom is 0.305 e. The molecular weight excluding hydrogens is 244 g/mol. The lowest BCUT2D eigenvalue weighted by Gasteiger charge is -2.03. The Labute approximate surface area is 116 Å². The van der Waals surface area contributed by atoms with Crippen LogP contribution in [0.3, 0.4) is 0 Å². The molecule has 0 aliphatic rings. The summed E-state index contributed by atoms with van der Waals surface area (Å²) in [4.78, 5) is 21.1. The van der Waals surface area contributed by atoms with Crippen LogP contribution in [0.15, 0.2) is 0 Å². The van der Waals surface area contributed by atoms with Gasteiger partial charge in [-0.15, -0.1) is 0 Å². The Hall–Kier alpha value is -1.06. The van der Waals surface area contributed by atoms with Crippen LogP contribution >= 0.6 is 0 Å². The molecule has 4 heteroatoms. The van der Waals surface area contributed by atoms with E-state index in [9.17, 15) is 9.59 Å². The summed E-state index contributed by atoms with van der Waals surface area (Å²) in [5.74, 6) is -0.801. The van der Waals surface area contributed by atoms with Gasteiger partial charge in [0.25, 0.3) is 0 Å². The van der Waals surface area contributed by atoms with Crippen molar-refractivity contribution in [3.05, 3.63) is 0 Å². The van der Waals surface area contributed by atoms with Gasteiger partial charge in [-0.2, -0.15) is 0 Å². The molecule has 4 nitrogen and oxygen atoms in total. The Morgan fingerprint density at radius 3 is 1.79 bits per heavy atom. The SMILES string of the molecule is CCC(=O)OCCCCCCCCCCCC(=O)O. The second-order valence-electron chi connectivity index (χ2n) is 4.90. The first-order valence-corrected chi connectivity index (χ1v) is 7.54. The van der Waals surface area contributed by atoms with Gasteiger partial charge in [0.15, 0.2) is 0 Å². The summed E-state index contributed by atoms with van der Waals surface area (Å²) in [6, 6.07) is 0. The smallest absolute Gasteiger partial charge is 0.305 e. The fourth-order valence-electron chi connectivity index (χ4n) is 1.90. The second-order valence-corrected chi connectivity index (χ2v) is 4.90. The Morgan fingerprint density at radius 1 is 0.842 bits per heavy atom. The molecule has 0 amide bonds. The van der Waals surface area contributed by atoms with Gasteiger partial charge >= 0.3 is 11.9 Å². The molecule has 0 spiro atoms. The van der Waals surface area contributed by atoms with Crippen molar-refractivity contribution in [2.24, 2.45) is 0 Å². The van der Waals surface area contributed by atoms with Gasteiger partial charge in [-0.1, -0.05) is 51.9 Å². The first-order valence-electron chi connectivity index (χ1n) is 7.54. The number of aliphatic carboxylic acids is 1. The molecule has 1 N–H and O–H groups in total. The largest absolute Gasteiger partial charge is 0.481 e. The monoisotopic (exact) mass is 272 g/mol. The zero-order valence-electron chi connectivity index (χ0n) is 12.2. The van der Waals surface area contributed by atoms with E-state index < -0.39 is 5.97 Å². The number of hydrogen-bond donors (Lipinski definition) is 1. The van der Waals surface area contributed by atoms with Crippen molar-refractivity contribution in [2.75, 3.05) is 6.61 Å². The Balaban J connectivity index is 3.03. The van der Waals surface area contributed by atoms with Crippen LogP contribution in [0.2, 0.25) is 0 Å². The van der Waals surface area contributed by atoms with E-state index in [0.29, 0.717) is 19.4 Å². The molecule has 0 rings (SSSR count). The van der Waals surface area contributed by atoms with Crippen LogP contribution in [-0.4, -0.2) is 23.7 Å². The third kappa shape index (κ3) is 14.9. The summed E-state index contributed by atoms with van der Waals surface area (Å²) < 4.78 is 5.00. The number of carbonyl (C=O) groups excluding carboxylic acids is 1. The third-order valence-electron chi connectivity index (χ3n) is 3.09. The second kappa shape index (κ2) is 13.4. The van der Waals surface area contributed by atoms with Crippen molar-refractivity contribution >= 4 is 11.9 Å². The topological polar surface area (TPSA) is 63.6 Å². The van der Waals surface area contributed by atoms with Crippen LogP contribution < -0.4 is 0 Å². The Kier molecular flexibility index (Phi) is 12.6. The van der Waals surface area contributed by atoms with Crippen molar-refractivity contribution in [3.63, 3.8) is 0 Å². The molecule has 0 saturated heterocycles. The zero-order chi connectivity index (χ0) is 14.3. The summed E-state index contributed by atoms with van der Waals surface area (Å²) in [5.41, 5.74) is 0. The van der Waals surface area contributed by atoms with Gasteiger partial charge in [0.1, 0.15) is 0 Å². The number of carboxylic acids is 1. The fraction of sp³-hybridized carbons (Fsp3) is 0.867. The van der Waals surface area contributed by atoms with Crippen molar-refractivity contribution < 1.29 is 19.4 Å². The number of hydrogen-bond acceptors (Lipinski definition) is 3. The molecule has 0 atom stereocenters. The lowest BCUT2D eigenvalue weighted by molar-refractivity contribution is -0.143. The molecule has 0 unspecified atom stereocenters. The van der Waals surface area contributed by atoms with E-state index in [1.807, 2.05) is 0 Å². The molecule has 0 fully saturated rings. The average molecular weight is 272 g/mol. The average Bonchev–Trinajstić information content (AvgIpc) is 2.39. The normalized spacial score (nSPS) is 10.4. The number of carboxylic acid groups (broad SMARTS) is 1. The van der Waals surface area contributed by atoms with E-state index in [1.54, 1.807) is 6.92 Å². The number of esters is 1. The van der Waals surface area contributed by atoms with Crippen LogP contribution in [0.4, 0.5) is 0 Å². The van der Waals surface area contributed by atoms with Gasteiger partial charge in [-0.25, -0.2) is 0 Å². The summed E-state index contributed by atoms with van der Waals surface area (Å²) in [7, 11) is 0. The van der Waals surface area contributed by atoms with E-state index in [0.717, 1.165) is 32.1 Å². The third-order valence-corrected chi connectivity index (χ3v) is 3.09. The quantitative estimate of drug-likeness (QED) is 0.407. The number of rotatable bonds is 13. The molecule has 0 radical (unpaired) electrons. The lowest BCUT2D eigenvalue weighted by Crippen LogP contribution is -2.03. The first kappa shape index (κ1) is 17.9. The summed E-state index contributed by atoms with van der Waals surface area (Å²) in [6.07, 6.45) is 10.7. The minimum atomic E-state index is -0.691. The van der Waals surface area contributed by atoms with E-state index in [2.05, 4.69) is 0 Å². The van der Waals surface area contributed by atoms with E-state index in [-0.39, 0.29) is 5.97 Å². The highest BCUT2D eigenvalue weighted by Crippen LogP contribution is 2.10. The van der Waals surface area contributed by atoms with Gasteiger partial charge < -0.3 is 9.84 Å². The predicted octanol–water partition coefficient (Wildman–Crippen LogP) is 3.93. The Bertz CT molecular complexity index is 238. The molecule has 0 aliphatic heterocycles. The molecule has 112 valence electrons. The maximum absolute atomic E-state index is 10.9. The molecule has 0 aliphatic carbocycles. The zero-order valence-corrected chi connectivity index (χ0v) is 12.2. The minimum Gasteiger partial charge on any atom is -0.481 e. The molecule has 0 saturated carbocycles. The highest BCUT2D eigenvalue weighted by molar-refractivity contribution is 5.68. The van der Waals surface area contributed by atoms with Crippen LogP contribution in [-0.2, 0) is 14.3 Å².